The van der Waals surface area contributed by atoms with Crippen molar-refractivity contribution in [2.24, 2.45) is 0 Å². The molecule has 0 aliphatic carbocycles. The lowest BCUT2D eigenvalue weighted by atomic mass is 10.1. The average Bonchev–Trinajstić information content (AvgIpc) is 3.30. The third-order valence-electron chi connectivity index (χ3n) is 4.68. The van der Waals surface area contributed by atoms with E-state index in [1.807, 2.05) is 42.5 Å². The molecule has 0 radical (unpaired) electrons. The number of nitrogens with zero attached hydrogens (tertiary/aromatic N) is 3. The summed E-state index contributed by atoms with van der Waals surface area (Å²) in [5.74, 6) is 1.72. The van der Waals surface area contributed by atoms with Crippen LogP contribution in [0.4, 0.5) is 0 Å². The molecule has 1 atom stereocenters. The van der Waals surface area contributed by atoms with Gasteiger partial charge in [-0.15, -0.1) is 0 Å². The Morgan fingerprint density at radius 1 is 1.22 bits per heavy atom. The number of aromatic nitrogens is 2. The maximum absolute atomic E-state index is 12.4. The summed E-state index contributed by atoms with van der Waals surface area (Å²) in [5, 5.41) is 4.61. The van der Waals surface area contributed by atoms with Gasteiger partial charge in [-0.3, -0.25) is 4.79 Å². The molecule has 1 fully saturated rings. The number of amides is 1. The molecule has 1 aliphatic rings. The summed E-state index contributed by atoms with van der Waals surface area (Å²) in [6.07, 6.45) is 1.11. The lowest BCUT2D eigenvalue weighted by molar-refractivity contribution is -0.129. The number of benzene rings is 2. The van der Waals surface area contributed by atoms with Crippen molar-refractivity contribution in [3.63, 3.8) is 0 Å². The van der Waals surface area contributed by atoms with Crippen molar-refractivity contribution in [2.75, 3.05) is 7.11 Å². The van der Waals surface area contributed by atoms with Gasteiger partial charge in [0.15, 0.2) is 0 Å². The summed E-state index contributed by atoms with van der Waals surface area (Å²) in [6.45, 7) is 0.483. The molecule has 27 heavy (non-hydrogen) atoms. The number of hydrogen-bond acceptors (Lipinski definition) is 5. The van der Waals surface area contributed by atoms with Crippen LogP contribution in [-0.2, 0) is 11.3 Å². The molecule has 0 saturated carbocycles. The van der Waals surface area contributed by atoms with Crippen molar-refractivity contribution in [1.29, 1.82) is 0 Å². The normalized spacial score (nSPS) is 16.7. The zero-order valence-electron chi connectivity index (χ0n) is 14.8. The van der Waals surface area contributed by atoms with E-state index < -0.39 is 0 Å². The van der Waals surface area contributed by atoms with Crippen molar-refractivity contribution in [1.82, 2.24) is 15.0 Å². The number of rotatable bonds is 5. The first-order chi connectivity index (χ1) is 13.2. The molecule has 3 aromatic rings. The molecule has 2 aromatic carbocycles. The Morgan fingerprint density at radius 3 is 2.74 bits per heavy atom. The Balaban J connectivity index is 1.57. The highest BCUT2D eigenvalue weighted by Crippen LogP contribution is 2.35. The molecule has 7 heteroatoms. The zero-order chi connectivity index (χ0) is 18.8. The molecule has 1 saturated heterocycles. The second-order valence-corrected chi connectivity index (χ2v) is 6.77. The second-order valence-electron chi connectivity index (χ2n) is 6.36. The molecule has 0 spiro atoms. The van der Waals surface area contributed by atoms with Crippen LogP contribution in [-0.4, -0.2) is 28.1 Å². The molecule has 1 amide bonds. The Bertz CT molecular complexity index is 955. The van der Waals surface area contributed by atoms with E-state index in [9.17, 15) is 4.79 Å². The molecule has 4 rings (SSSR count). The second kappa shape index (κ2) is 7.40. The van der Waals surface area contributed by atoms with Crippen LogP contribution < -0.4 is 4.74 Å². The van der Waals surface area contributed by atoms with Crippen LogP contribution in [0.15, 0.2) is 53.1 Å². The molecular formula is C20H18ClN3O3. The lowest BCUT2D eigenvalue weighted by Crippen LogP contribution is -2.27. The van der Waals surface area contributed by atoms with E-state index in [4.69, 9.17) is 20.9 Å². The Morgan fingerprint density at radius 2 is 2.00 bits per heavy atom. The van der Waals surface area contributed by atoms with Crippen LogP contribution in [0.25, 0.3) is 11.4 Å². The number of halogens is 1. The summed E-state index contributed by atoms with van der Waals surface area (Å²) < 4.78 is 10.7. The zero-order valence-corrected chi connectivity index (χ0v) is 15.5. The highest BCUT2D eigenvalue weighted by atomic mass is 35.5. The lowest BCUT2D eigenvalue weighted by Gasteiger charge is -2.22. The molecule has 138 valence electrons. The van der Waals surface area contributed by atoms with Gasteiger partial charge >= 0.3 is 0 Å². The van der Waals surface area contributed by atoms with Crippen LogP contribution >= 0.6 is 11.6 Å². The Kier molecular flexibility index (Phi) is 4.81. The van der Waals surface area contributed by atoms with Crippen LogP contribution in [0.1, 0.15) is 30.3 Å². The molecule has 2 heterocycles. The molecule has 0 bridgehead atoms. The van der Waals surface area contributed by atoms with E-state index in [1.165, 1.54) is 0 Å². The summed E-state index contributed by atoms with van der Waals surface area (Å²) in [5.41, 5.74) is 1.72. The first-order valence-electron chi connectivity index (χ1n) is 8.66. The summed E-state index contributed by atoms with van der Waals surface area (Å²) in [6, 6.07) is 14.8. The molecule has 0 N–H and O–H groups in total. The average molecular weight is 384 g/mol. The fourth-order valence-electron chi connectivity index (χ4n) is 3.24. The number of carbonyl (C=O) groups is 1. The van der Waals surface area contributed by atoms with Crippen molar-refractivity contribution in [3.05, 3.63) is 65.0 Å². The molecular weight excluding hydrogens is 366 g/mol. The summed E-state index contributed by atoms with van der Waals surface area (Å²) in [4.78, 5) is 18.7. The number of likely N-dealkylation sites (tertiary alicyclic amines) is 1. The molecule has 1 aliphatic heterocycles. The van der Waals surface area contributed by atoms with E-state index in [-0.39, 0.29) is 11.9 Å². The minimum atomic E-state index is -0.233. The highest BCUT2D eigenvalue weighted by molar-refractivity contribution is 6.33. The summed E-state index contributed by atoms with van der Waals surface area (Å²) in [7, 11) is 1.63. The molecule has 1 aromatic heterocycles. The van der Waals surface area contributed by atoms with E-state index in [0.29, 0.717) is 41.7 Å². The third-order valence-corrected chi connectivity index (χ3v) is 5.01. The first kappa shape index (κ1) is 17.5. The topological polar surface area (TPSA) is 68.5 Å². The van der Waals surface area contributed by atoms with E-state index >= 15 is 0 Å². The predicted octanol–water partition coefficient (Wildman–Crippen LogP) is 4.26. The number of carbonyl (C=O) groups excluding carboxylic acids is 1. The minimum Gasteiger partial charge on any atom is -0.497 e. The largest absolute Gasteiger partial charge is 0.497 e. The van der Waals surface area contributed by atoms with Gasteiger partial charge in [-0.25, -0.2) is 0 Å². The minimum absolute atomic E-state index is 0.0771. The van der Waals surface area contributed by atoms with Gasteiger partial charge in [-0.05, 0) is 36.2 Å². The van der Waals surface area contributed by atoms with E-state index in [0.717, 1.165) is 11.3 Å². The van der Waals surface area contributed by atoms with Gasteiger partial charge < -0.3 is 14.2 Å². The highest BCUT2D eigenvalue weighted by Gasteiger charge is 2.36. The van der Waals surface area contributed by atoms with Gasteiger partial charge in [-0.1, -0.05) is 41.0 Å². The van der Waals surface area contributed by atoms with Gasteiger partial charge in [0.1, 0.15) is 11.8 Å². The van der Waals surface area contributed by atoms with Gasteiger partial charge in [0.25, 0.3) is 0 Å². The number of hydrogen-bond donors (Lipinski definition) is 0. The Hall–Kier alpha value is -2.86. The standard InChI is InChI=1S/C20H18ClN3O3/c1-26-14-8-6-13(7-9-14)12-24-17(10-11-18(24)25)20-22-19(23-27-20)15-4-2-3-5-16(15)21/h2-9,17H,10-12H2,1H3. The van der Waals surface area contributed by atoms with E-state index in [1.54, 1.807) is 18.1 Å². The maximum atomic E-state index is 12.4. The maximum Gasteiger partial charge on any atom is 0.249 e. The first-order valence-corrected chi connectivity index (χ1v) is 9.04. The van der Waals surface area contributed by atoms with E-state index in [2.05, 4.69) is 10.1 Å². The quantitative estimate of drug-likeness (QED) is 0.658. The van der Waals surface area contributed by atoms with Gasteiger partial charge in [0, 0.05) is 18.5 Å². The van der Waals surface area contributed by atoms with Crippen molar-refractivity contribution in [3.8, 4) is 17.1 Å². The van der Waals surface area contributed by atoms with Crippen LogP contribution in [0, 0.1) is 0 Å². The molecule has 6 nitrogen and oxygen atoms in total. The predicted molar refractivity (Wildman–Crippen MR) is 100 cm³/mol. The van der Waals surface area contributed by atoms with Crippen LogP contribution in [0.2, 0.25) is 5.02 Å². The van der Waals surface area contributed by atoms with Crippen LogP contribution in [0.3, 0.4) is 0 Å². The third kappa shape index (κ3) is 3.53. The van der Waals surface area contributed by atoms with Gasteiger partial charge in [0.05, 0.1) is 12.1 Å². The Labute approximate surface area is 161 Å². The smallest absolute Gasteiger partial charge is 0.249 e. The number of methoxy groups -OCH3 is 1. The fraction of sp³-hybridized carbons (Fsp3) is 0.250. The van der Waals surface area contributed by atoms with Crippen molar-refractivity contribution in [2.45, 2.75) is 25.4 Å². The monoisotopic (exact) mass is 383 g/mol. The fourth-order valence-corrected chi connectivity index (χ4v) is 3.46. The van der Waals surface area contributed by atoms with Gasteiger partial charge in [-0.2, -0.15) is 4.98 Å². The SMILES string of the molecule is COc1ccc(CN2C(=O)CCC2c2nc(-c3ccccc3Cl)no2)cc1. The van der Waals surface area contributed by atoms with Crippen molar-refractivity contribution >= 4 is 17.5 Å². The van der Waals surface area contributed by atoms with Gasteiger partial charge in [0.2, 0.25) is 17.6 Å². The summed E-state index contributed by atoms with van der Waals surface area (Å²) >= 11 is 6.22. The van der Waals surface area contributed by atoms with Crippen LogP contribution in [0.5, 0.6) is 5.75 Å². The van der Waals surface area contributed by atoms with Crippen molar-refractivity contribution < 1.29 is 14.1 Å². The number of ether oxygens (including phenoxy) is 1. The molecule has 1 unspecified atom stereocenters.